The molecule has 0 heterocycles. The van der Waals surface area contributed by atoms with Crippen LogP contribution in [0.4, 0.5) is 5.69 Å². The van der Waals surface area contributed by atoms with Crippen molar-refractivity contribution in [3.8, 4) is 11.5 Å². The second kappa shape index (κ2) is 9.31. The van der Waals surface area contributed by atoms with Gasteiger partial charge in [-0.3, -0.25) is 9.59 Å². The summed E-state index contributed by atoms with van der Waals surface area (Å²) < 4.78 is 15.7. The lowest BCUT2D eigenvalue weighted by Crippen LogP contribution is -2.23. The zero-order chi connectivity index (χ0) is 21.7. The molecule has 0 saturated heterocycles. The number of ether oxygens (including phenoxy) is 3. The van der Waals surface area contributed by atoms with Gasteiger partial charge < -0.3 is 19.5 Å². The number of aryl methyl sites for hydroxylation is 1. The van der Waals surface area contributed by atoms with E-state index in [1.807, 2.05) is 49.4 Å². The number of anilines is 1. The number of nitrogens with one attached hydrogen (secondary N) is 1. The molecule has 0 aromatic heterocycles. The molecule has 0 fully saturated rings. The van der Waals surface area contributed by atoms with Crippen LogP contribution >= 0.6 is 0 Å². The van der Waals surface area contributed by atoms with E-state index >= 15 is 0 Å². The number of fused-ring (bicyclic) bond motifs is 1. The number of rotatable bonds is 7. The summed E-state index contributed by atoms with van der Waals surface area (Å²) in [5.74, 6) is -0.0718. The molecule has 1 N–H and O–H groups in total. The van der Waals surface area contributed by atoms with Gasteiger partial charge in [0.15, 0.2) is 6.61 Å². The Labute approximate surface area is 175 Å². The quantitative estimate of drug-likeness (QED) is 0.586. The molecular weight excluding hydrogens is 382 g/mol. The molecule has 6 nitrogen and oxygen atoms in total. The van der Waals surface area contributed by atoms with Crippen LogP contribution in [0.1, 0.15) is 24.0 Å². The molecule has 1 atom stereocenters. The molecule has 0 spiro atoms. The summed E-state index contributed by atoms with van der Waals surface area (Å²) >= 11 is 0. The van der Waals surface area contributed by atoms with E-state index in [2.05, 4.69) is 5.32 Å². The van der Waals surface area contributed by atoms with Gasteiger partial charge in [0.1, 0.15) is 11.5 Å². The highest BCUT2D eigenvalue weighted by Crippen LogP contribution is 2.27. The van der Waals surface area contributed by atoms with Crippen LogP contribution in [0, 0.1) is 6.92 Å². The van der Waals surface area contributed by atoms with Gasteiger partial charge >= 0.3 is 5.97 Å². The normalized spacial score (nSPS) is 11.6. The van der Waals surface area contributed by atoms with Crippen LogP contribution in [-0.4, -0.2) is 32.7 Å². The van der Waals surface area contributed by atoms with E-state index in [9.17, 15) is 9.59 Å². The third kappa shape index (κ3) is 4.89. The Balaban J connectivity index is 1.62. The average Bonchev–Trinajstić information content (AvgIpc) is 2.76. The molecule has 156 valence electrons. The second-order valence-corrected chi connectivity index (χ2v) is 7.05. The third-order valence-corrected chi connectivity index (χ3v) is 4.90. The van der Waals surface area contributed by atoms with Crippen molar-refractivity contribution in [2.45, 2.75) is 19.8 Å². The first-order chi connectivity index (χ1) is 14.4. The highest BCUT2D eigenvalue weighted by Gasteiger charge is 2.19. The maximum Gasteiger partial charge on any atom is 0.313 e. The summed E-state index contributed by atoms with van der Waals surface area (Å²) in [5, 5.41) is 4.73. The highest BCUT2D eigenvalue weighted by atomic mass is 16.5. The van der Waals surface area contributed by atoms with E-state index < -0.39 is 17.8 Å². The summed E-state index contributed by atoms with van der Waals surface area (Å²) in [7, 11) is 3.15. The number of hydrogen-bond donors (Lipinski definition) is 1. The first-order valence-corrected chi connectivity index (χ1v) is 9.60. The maximum atomic E-state index is 12.5. The molecule has 0 radical (unpaired) electrons. The third-order valence-electron chi connectivity index (χ3n) is 4.90. The number of carbonyl (C=O) groups excluding carboxylic acids is 2. The molecule has 0 aliphatic heterocycles. The number of amides is 1. The summed E-state index contributed by atoms with van der Waals surface area (Å²) in [5.41, 5.74) is 2.33. The van der Waals surface area contributed by atoms with Gasteiger partial charge in [0.2, 0.25) is 0 Å². The van der Waals surface area contributed by atoms with Crippen LogP contribution in [0.2, 0.25) is 0 Å². The number of benzene rings is 3. The Hall–Kier alpha value is -3.54. The molecule has 30 heavy (non-hydrogen) atoms. The molecular formula is C24H25NO5. The van der Waals surface area contributed by atoms with Crippen molar-refractivity contribution in [1.82, 2.24) is 0 Å². The molecule has 3 rings (SSSR count). The fraction of sp³-hybridized carbons (Fsp3) is 0.250. The van der Waals surface area contributed by atoms with Gasteiger partial charge in [-0.1, -0.05) is 30.3 Å². The summed E-state index contributed by atoms with van der Waals surface area (Å²) in [6.07, 6.45) is 0. The minimum atomic E-state index is -0.502. The Bertz CT molecular complexity index is 1080. The average molecular weight is 407 g/mol. The number of hydrogen-bond acceptors (Lipinski definition) is 5. The smallest absolute Gasteiger partial charge is 0.313 e. The number of carbonyl (C=O) groups is 2. The van der Waals surface area contributed by atoms with Crippen LogP contribution in [0.5, 0.6) is 11.5 Å². The van der Waals surface area contributed by atoms with E-state index in [4.69, 9.17) is 14.2 Å². The Morgan fingerprint density at radius 3 is 2.40 bits per heavy atom. The summed E-state index contributed by atoms with van der Waals surface area (Å²) in [6.45, 7) is 3.30. The summed E-state index contributed by atoms with van der Waals surface area (Å²) in [6, 6.07) is 17.0. The monoisotopic (exact) mass is 407 g/mol. The molecule has 1 amide bonds. The molecule has 0 unspecified atom stereocenters. The predicted molar refractivity (Wildman–Crippen MR) is 116 cm³/mol. The van der Waals surface area contributed by atoms with Crippen LogP contribution in [0.25, 0.3) is 10.8 Å². The lowest BCUT2D eigenvalue weighted by Gasteiger charge is -2.14. The fourth-order valence-electron chi connectivity index (χ4n) is 3.14. The van der Waals surface area contributed by atoms with Gasteiger partial charge in [0.05, 0.1) is 25.8 Å². The van der Waals surface area contributed by atoms with Crippen molar-refractivity contribution in [2.24, 2.45) is 0 Å². The summed E-state index contributed by atoms with van der Waals surface area (Å²) in [4.78, 5) is 24.7. The van der Waals surface area contributed by atoms with Crippen molar-refractivity contribution >= 4 is 28.3 Å². The molecule has 6 heteroatoms. The van der Waals surface area contributed by atoms with E-state index in [0.717, 1.165) is 27.6 Å². The Morgan fingerprint density at radius 1 is 0.933 bits per heavy atom. The second-order valence-electron chi connectivity index (χ2n) is 7.05. The van der Waals surface area contributed by atoms with E-state index in [1.54, 1.807) is 26.2 Å². The zero-order valence-corrected chi connectivity index (χ0v) is 17.5. The minimum absolute atomic E-state index is 0.370. The molecule has 0 aliphatic carbocycles. The first-order valence-electron chi connectivity index (χ1n) is 9.60. The SMILES string of the molecule is COc1ccc2cc([C@H](C)C(=O)OCC(=O)Nc3cc(C)ccc3OC)ccc2c1. The standard InChI is InChI=1S/C24H25NO5/c1-15-5-10-22(29-4)21(11-15)25-23(26)14-30-24(27)16(2)17-6-7-19-13-20(28-3)9-8-18(19)12-17/h5-13,16H,14H2,1-4H3,(H,25,26)/t16-/m0/s1. The van der Waals surface area contributed by atoms with E-state index in [0.29, 0.717) is 11.4 Å². The van der Waals surface area contributed by atoms with Gasteiger partial charge in [-0.25, -0.2) is 0 Å². The number of esters is 1. The van der Waals surface area contributed by atoms with Gasteiger partial charge in [-0.05, 0) is 60.0 Å². The molecule has 0 saturated carbocycles. The lowest BCUT2D eigenvalue weighted by molar-refractivity contribution is -0.148. The Morgan fingerprint density at radius 2 is 1.67 bits per heavy atom. The highest BCUT2D eigenvalue weighted by molar-refractivity contribution is 5.94. The maximum absolute atomic E-state index is 12.5. The van der Waals surface area contributed by atoms with Gasteiger partial charge in [-0.15, -0.1) is 0 Å². The largest absolute Gasteiger partial charge is 0.497 e. The van der Waals surface area contributed by atoms with Crippen molar-refractivity contribution < 1.29 is 23.8 Å². The van der Waals surface area contributed by atoms with Crippen LogP contribution < -0.4 is 14.8 Å². The molecule has 0 bridgehead atoms. The van der Waals surface area contributed by atoms with Crippen molar-refractivity contribution in [3.63, 3.8) is 0 Å². The van der Waals surface area contributed by atoms with Gasteiger partial charge in [-0.2, -0.15) is 0 Å². The van der Waals surface area contributed by atoms with Crippen molar-refractivity contribution in [1.29, 1.82) is 0 Å². The minimum Gasteiger partial charge on any atom is -0.497 e. The van der Waals surface area contributed by atoms with E-state index in [1.165, 1.54) is 7.11 Å². The van der Waals surface area contributed by atoms with Gasteiger partial charge in [0.25, 0.3) is 5.91 Å². The fourth-order valence-corrected chi connectivity index (χ4v) is 3.14. The molecule has 3 aromatic carbocycles. The Kier molecular flexibility index (Phi) is 6.57. The van der Waals surface area contributed by atoms with Crippen molar-refractivity contribution in [2.75, 3.05) is 26.1 Å². The number of methoxy groups -OCH3 is 2. The molecule has 0 aliphatic rings. The van der Waals surface area contributed by atoms with Crippen molar-refractivity contribution in [3.05, 3.63) is 65.7 Å². The lowest BCUT2D eigenvalue weighted by atomic mass is 9.98. The van der Waals surface area contributed by atoms with Crippen LogP contribution in [-0.2, 0) is 14.3 Å². The zero-order valence-electron chi connectivity index (χ0n) is 17.5. The molecule has 3 aromatic rings. The topological polar surface area (TPSA) is 73.9 Å². The van der Waals surface area contributed by atoms with Gasteiger partial charge in [0, 0.05) is 0 Å². The first kappa shape index (κ1) is 21.2. The van der Waals surface area contributed by atoms with E-state index in [-0.39, 0.29) is 6.61 Å². The van der Waals surface area contributed by atoms with Crippen LogP contribution in [0.3, 0.4) is 0 Å². The van der Waals surface area contributed by atoms with Crippen LogP contribution in [0.15, 0.2) is 54.6 Å². The predicted octanol–water partition coefficient (Wildman–Crippen LogP) is 4.45.